The zero-order valence-electron chi connectivity index (χ0n) is 16.9. The molecular weight excluding hydrogens is 399 g/mol. The van der Waals surface area contributed by atoms with Crippen molar-refractivity contribution in [1.82, 2.24) is 19.5 Å². The van der Waals surface area contributed by atoms with E-state index in [9.17, 15) is 19.1 Å². The van der Waals surface area contributed by atoms with Gasteiger partial charge in [-0.1, -0.05) is 29.8 Å². The van der Waals surface area contributed by atoms with Crippen LogP contribution in [0.3, 0.4) is 0 Å². The highest BCUT2D eigenvalue weighted by Crippen LogP contribution is 2.25. The quantitative estimate of drug-likeness (QED) is 0.501. The molecule has 0 aliphatic heterocycles. The smallest absolute Gasteiger partial charge is 0.277 e. The molecule has 0 fully saturated rings. The summed E-state index contributed by atoms with van der Waals surface area (Å²) in [6, 6.07) is 13.5. The summed E-state index contributed by atoms with van der Waals surface area (Å²) in [6.45, 7) is 1.76. The molecule has 158 valence electrons. The lowest BCUT2D eigenvalue weighted by atomic mass is 10.1. The molecule has 0 aliphatic carbocycles. The first-order chi connectivity index (χ1) is 15.0. The van der Waals surface area contributed by atoms with E-state index in [2.05, 4.69) is 10.4 Å². The van der Waals surface area contributed by atoms with Gasteiger partial charge in [0.2, 0.25) is 5.91 Å². The summed E-state index contributed by atoms with van der Waals surface area (Å²) in [5, 5.41) is 17.1. The number of aliphatic hydroxyl groups is 1. The Morgan fingerprint density at radius 3 is 2.48 bits per heavy atom. The van der Waals surface area contributed by atoms with Crippen molar-refractivity contribution in [3.8, 4) is 11.3 Å². The molecule has 0 saturated carbocycles. The van der Waals surface area contributed by atoms with Gasteiger partial charge in [0.15, 0.2) is 0 Å². The van der Waals surface area contributed by atoms with Crippen molar-refractivity contribution in [2.75, 3.05) is 0 Å². The number of benzene rings is 2. The molecule has 0 radical (unpaired) electrons. The molecule has 2 heterocycles. The third kappa shape index (κ3) is 4.24. The van der Waals surface area contributed by atoms with Crippen molar-refractivity contribution in [3.05, 3.63) is 93.8 Å². The minimum absolute atomic E-state index is 0.164. The van der Waals surface area contributed by atoms with Gasteiger partial charge in [-0.3, -0.25) is 9.59 Å². The SMILES string of the molecule is Cc1ccc(CNC(=O)Cn2ccn3nc(-c4ccc(F)cc4)c(CO)c3c2=O)cc1. The molecule has 0 unspecified atom stereocenters. The van der Waals surface area contributed by atoms with Crippen molar-refractivity contribution >= 4 is 11.4 Å². The zero-order valence-corrected chi connectivity index (χ0v) is 16.9. The van der Waals surface area contributed by atoms with Gasteiger partial charge < -0.3 is 15.0 Å². The number of hydrogen-bond donors (Lipinski definition) is 2. The highest BCUT2D eigenvalue weighted by molar-refractivity contribution is 5.76. The van der Waals surface area contributed by atoms with Gasteiger partial charge in [0.05, 0.1) is 12.3 Å². The van der Waals surface area contributed by atoms with Gasteiger partial charge in [-0.15, -0.1) is 0 Å². The van der Waals surface area contributed by atoms with Crippen LogP contribution in [0, 0.1) is 12.7 Å². The van der Waals surface area contributed by atoms with E-state index in [1.54, 1.807) is 6.20 Å². The minimum atomic E-state index is -0.446. The molecule has 7 nitrogen and oxygen atoms in total. The number of halogens is 1. The lowest BCUT2D eigenvalue weighted by Crippen LogP contribution is -2.32. The predicted molar refractivity (Wildman–Crippen MR) is 114 cm³/mol. The van der Waals surface area contributed by atoms with Crippen LogP contribution in [0.25, 0.3) is 16.8 Å². The van der Waals surface area contributed by atoms with Crippen LogP contribution in [0.15, 0.2) is 65.7 Å². The first-order valence-corrected chi connectivity index (χ1v) is 9.76. The minimum Gasteiger partial charge on any atom is -0.392 e. The number of nitrogens with zero attached hydrogens (tertiary/aromatic N) is 3. The molecule has 8 heteroatoms. The number of rotatable bonds is 6. The van der Waals surface area contributed by atoms with Gasteiger partial charge in [-0.2, -0.15) is 5.10 Å². The molecule has 31 heavy (non-hydrogen) atoms. The Morgan fingerprint density at radius 1 is 1.10 bits per heavy atom. The number of carbonyl (C=O) groups excluding carboxylic acids is 1. The van der Waals surface area contributed by atoms with Crippen LogP contribution in [0.5, 0.6) is 0 Å². The van der Waals surface area contributed by atoms with Crippen molar-refractivity contribution in [2.45, 2.75) is 26.6 Å². The summed E-state index contributed by atoms with van der Waals surface area (Å²) >= 11 is 0. The maximum absolute atomic E-state index is 13.3. The van der Waals surface area contributed by atoms with Crippen LogP contribution in [-0.4, -0.2) is 25.2 Å². The summed E-state index contributed by atoms with van der Waals surface area (Å²) in [6.07, 6.45) is 3.03. The number of hydrogen-bond acceptors (Lipinski definition) is 4. The van der Waals surface area contributed by atoms with Gasteiger partial charge >= 0.3 is 0 Å². The second kappa shape index (κ2) is 8.53. The Morgan fingerprint density at radius 2 is 1.81 bits per heavy atom. The predicted octanol–water partition coefficient (Wildman–Crippen LogP) is 2.42. The van der Waals surface area contributed by atoms with E-state index in [1.807, 2.05) is 31.2 Å². The Bertz CT molecular complexity index is 1290. The van der Waals surface area contributed by atoms with E-state index >= 15 is 0 Å². The van der Waals surface area contributed by atoms with Crippen molar-refractivity contribution in [2.24, 2.45) is 0 Å². The number of amides is 1. The molecule has 0 spiro atoms. The van der Waals surface area contributed by atoms with Crippen LogP contribution in [-0.2, 0) is 24.5 Å². The molecule has 0 bridgehead atoms. The Hall–Kier alpha value is -3.78. The fourth-order valence-corrected chi connectivity index (χ4v) is 3.38. The molecule has 2 N–H and O–H groups in total. The van der Waals surface area contributed by atoms with E-state index in [0.29, 0.717) is 23.4 Å². The van der Waals surface area contributed by atoms with E-state index < -0.39 is 18.0 Å². The highest BCUT2D eigenvalue weighted by Gasteiger charge is 2.18. The fourth-order valence-electron chi connectivity index (χ4n) is 3.38. The van der Waals surface area contributed by atoms with Crippen LogP contribution in [0.1, 0.15) is 16.7 Å². The van der Waals surface area contributed by atoms with Gasteiger partial charge in [0, 0.05) is 30.1 Å². The first kappa shape index (κ1) is 20.5. The van der Waals surface area contributed by atoms with Gasteiger partial charge in [-0.25, -0.2) is 8.91 Å². The van der Waals surface area contributed by atoms with E-state index in [0.717, 1.165) is 11.1 Å². The molecule has 4 aromatic rings. The van der Waals surface area contributed by atoms with E-state index in [-0.39, 0.29) is 18.0 Å². The summed E-state index contributed by atoms with van der Waals surface area (Å²) in [5.41, 5.74) is 3.12. The highest BCUT2D eigenvalue weighted by atomic mass is 19.1. The van der Waals surface area contributed by atoms with Crippen molar-refractivity contribution in [3.63, 3.8) is 0 Å². The summed E-state index contributed by atoms with van der Waals surface area (Å²) in [7, 11) is 0. The largest absolute Gasteiger partial charge is 0.392 e. The molecular formula is C23H21FN4O3. The number of aromatic nitrogens is 3. The van der Waals surface area contributed by atoms with Crippen LogP contribution in [0.4, 0.5) is 4.39 Å². The number of nitrogens with one attached hydrogen (secondary N) is 1. The van der Waals surface area contributed by atoms with Crippen LogP contribution >= 0.6 is 0 Å². The van der Waals surface area contributed by atoms with Crippen LogP contribution in [0.2, 0.25) is 0 Å². The molecule has 1 amide bonds. The molecule has 0 aliphatic rings. The molecule has 0 atom stereocenters. The number of aliphatic hydroxyl groups excluding tert-OH is 1. The molecule has 2 aromatic carbocycles. The van der Waals surface area contributed by atoms with Crippen LogP contribution < -0.4 is 10.9 Å². The maximum atomic E-state index is 13.3. The number of aryl methyl sites for hydroxylation is 1. The lowest BCUT2D eigenvalue weighted by Gasteiger charge is -2.08. The van der Waals surface area contributed by atoms with E-state index in [1.165, 1.54) is 39.5 Å². The summed E-state index contributed by atoms with van der Waals surface area (Å²) in [5.74, 6) is -0.701. The normalized spacial score (nSPS) is 11.1. The second-order valence-corrected chi connectivity index (χ2v) is 7.28. The van der Waals surface area contributed by atoms with Gasteiger partial charge in [0.25, 0.3) is 5.56 Å². The molecule has 0 saturated heterocycles. The molecule has 4 rings (SSSR count). The topological polar surface area (TPSA) is 88.6 Å². The van der Waals surface area contributed by atoms with Crippen molar-refractivity contribution < 1.29 is 14.3 Å². The molecule has 2 aromatic heterocycles. The third-order valence-corrected chi connectivity index (χ3v) is 5.06. The maximum Gasteiger partial charge on any atom is 0.277 e. The van der Waals surface area contributed by atoms with E-state index in [4.69, 9.17) is 0 Å². The monoisotopic (exact) mass is 420 g/mol. The third-order valence-electron chi connectivity index (χ3n) is 5.06. The second-order valence-electron chi connectivity index (χ2n) is 7.28. The number of fused-ring (bicyclic) bond motifs is 1. The Labute approximate surface area is 177 Å². The average molecular weight is 420 g/mol. The standard InChI is InChI=1S/C23H21FN4O3/c1-15-2-4-16(5-3-15)12-25-20(30)13-27-10-11-28-22(23(27)31)19(14-29)21(26-28)17-6-8-18(24)9-7-17/h2-11,29H,12-14H2,1H3,(H,25,30). The first-order valence-electron chi connectivity index (χ1n) is 9.76. The fraction of sp³-hybridized carbons (Fsp3) is 0.174. The van der Waals surface area contributed by atoms with Gasteiger partial charge in [-0.05, 0) is 36.8 Å². The van der Waals surface area contributed by atoms with Crippen molar-refractivity contribution in [1.29, 1.82) is 0 Å². The lowest BCUT2D eigenvalue weighted by molar-refractivity contribution is -0.121. The summed E-state index contributed by atoms with van der Waals surface area (Å²) < 4.78 is 15.9. The zero-order chi connectivity index (χ0) is 22.0. The average Bonchev–Trinajstić information content (AvgIpc) is 3.15. The summed E-state index contributed by atoms with van der Waals surface area (Å²) in [4.78, 5) is 25.4. The Kier molecular flexibility index (Phi) is 5.64. The Balaban J connectivity index is 1.59. The van der Waals surface area contributed by atoms with Gasteiger partial charge in [0.1, 0.15) is 17.9 Å². The number of carbonyl (C=O) groups is 1.